The van der Waals surface area contributed by atoms with E-state index >= 15 is 0 Å². The van der Waals surface area contributed by atoms with Crippen molar-refractivity contribution in [2.45, 2.75) is 25.7 Å². The second-order valence-corrected chi connectivity index (χ2v) is 7.22. The van der Waals surface area contributed by atoms with E-state index in [0.29, 0.717) is 17.0 Å². The summed E-state index contributed by atoms with van der Waals surface area (Å²) in [7, 11) is 0. The molecule has 1 heterocycles. The van der Waals surface area contributed by atoms with Crippen molar-refractivity contribution >= 4 is 23.0 Å². The number of aromatic nitrogens is 1. The van der Waals surface area contributed by atoms with Crippen LogP contribution in [-0.2, 0) is 19.3 Å². The molecule has 138 valence electrons. The van der Waals surface area contributed by atoms with Crippen molar-refractivity contribution in [2.75, 3.05) is 11.9 Å². The summed E-state index contributed by atoms with van der Waals surface area (Å²) in [4.78, 5) is 4.75. The molecule has 1 aliphatic rings. The van der Waals surface area contributed by atoms with Crippen LogP contribution in [0.1, 0.15) is 23.2 Å². The highest BCUT2D eigenvalue weighted by atomic mass is 35.5. The van der Waals surface area contributed by atoms with Gasteiger partial charge in [-0.15, -0.1) is 0 Å². The molecule has 0 radical (unpaired) electrons. The predicted octanol–water partition coefficient (Wildman–Crippen LogP) is 5.31. The number of nitrogens with one attached hydrogen (secondary N) is 1. The molecular formula is C22H20ClFN2O. The summed E-state index contributed by atoms with van der Waals surface area (Å²) in [6, 6.07) is 14.5. The summed E-state index contributed by atoms with van der Waals surface area (Å²) in [5.41, 5.74) is 6.75. The van der Waals surface area contributed by atoms with Gasteiger partial charge in [0.05, 0.1) is 5.69 Å². The molecule has 0 atom stereocenters. The van der Waals surface area contributed by atoms with Crippen LogP contribution in [0.3, 0.4) is 0 Å². The Morgan fingerprint density at radius 2 is 1.89 bits per heavy atom. The van der Waals surface area contributed by atoms with E-state index in [-0.39, 0.29) is 12.4 Å². The van der Waals surface area contributed by atoms with Gasteiger partial charge in [-0.1, -0.05) is 23.7 Å². The largest absolute Gasteiger partial charge is 0.396 e. The number of pyridine rings is 1. The molecule has 5 heteroatoms. The van der Waals surface area contributed by atoms with E-state index in [9.17, 15) is 4.39 Å². The topological polar surface area (TPSA) is 45.1 Å². The van der Waals surface area contributed by atoms with Crippen LogP contribution < -0.4 is 5.32 Å². The summed E-state index contributed by atoms with van der Waals surface area (Å²) < 4.78 is 13.8. The average Bonchev–Trinajstić information content (AvgIpc) is 3.12. The molecule has 0 fully saturated rings. The monoisotopic (exact) mass is 382 g/mol. The molecule has 27 heavy (non-hydrogen) atoms. The molecule has 1 aliphatic carbocycles. The Kier molecular flexibility index (Phi) is 5.10. The van der Waals surface area contributed by atoms with Gasteiger partial charge in [-0.3, -0.25) is 4.98 Å². The van der Waals surface area contributed by atoms with Gasteiger partial charge in [0, 0.05) is 34.3 Å². The van der Waals surface area contributed by atoms with Crippen LogP contribution >= 0.6 is 11.6 Å². The van der Waals surface area contributed by atoms with Crippen LogP contribution in [0.15, 0.2) is 48.5 Å². The lowest BCUT2D eigenvalue weighted by molar-refractivity contribution is 0.299. The lowest BCUT2D eigenvalue weighted by Gasteiger charge is -2.14. The van der Waals surface area contributed by atoms with Crippen LogP contribution in [0.25, 0.3) is 11.3 Å². The van der Waals surface area contributed by atoms with Crippen molar-refractivity contribution in [1.82, 2.24) is 4.98 Å². The van der Waals surface area contributed by atoms with Crippen molar-refractivity contribution in [3.05, 3.63) is 76.2 Å². The van der Waals surface area contributed by atoms with E-state index in [1.54, 1.807) is 6.07 Å². The van der Waals surface area contributed by atoms with Crippen LogP contribution in [-0.4, -0.2) is 16.7 Å². The van der Waals surface area contributed by atoms with Gasteiger partial charge >= 0.3 is 0 Å². The molecule has 2 aromatic carbocycles. The van der Waals surface area contributed by atoms with Gasteiger partial charge in [-0.05, 0) is 73.2 Å². The first-order chi connectivity index (χ1) is 13.1. The van der Waals surface area contributed by atoms with Crippen molar-refractivity contribution in [1.29, 1.82) is 0 Å². The summed E-state index contributed by atoms with van der Waals surface area (Å²) >= 11 is 6.03. The zero-order valence-corrected chi connectivity index (χ0v) is 15.6. The molecule has 0 aliphatic heterocycles. The molecule has 0 amide bonds. The third-order valence-corrected chi connectivity index (χ3v) is 5.06. The Morgan fingerprint density at radius 1 is 1.07 bits per heavy atom. The Hall–Kier alpha value is -2.43. The maximum Gasteiger partial charge on any atom is 0.125 e. The van der Waals surface area contributed by atoms with Crippen LogP contribution in [0.4, 0.5) is 15.8 Å². The van der Waals surface area contributed by atoms with E-state index < -0.39 is 0 Å². The van der Waals surface area contributed by atoms with Crippen LogP contribution in [0.5, 0.6) is 0 Å². The van der Waals surface area contributed by atoms with E-state index in [1.807, 2.05) is 30.3 Å². The lowest BCUT2D eigenvalue weighted by Crippen LogP contribution is -2.00. The molecule has 0 saturated carbocycles. The highest BCUT2D eigenvalue weighted by molar-refractivity contribution is 6.30. The Morgan fingerprint density at radius 3 is 2.63 bits per heavy atom. The minimum Gasteiger partial charge on any atom is -0.396 e. The van der Waals surface area contributed by atoms with Crippen molar-refractivity contribution < 1.29 is 9.50 Å². The fourth-order valence-corrected chi connectivity index (χ4v) is 3.77. The second kappa shape index (κ2) is 7.67. The van der Waals surface area contributed by atoms with Crippen molar-refractivity contribution in [2.24, 2.45) is 0 Å². The third-order valence-electron chi connectivity index (χ3n) is 4.84. The van der Waals surface area contributed by atoms with Gasteiger partial charge in [0.1, 0.15) is 5.82 Å². The molecule has 0 spiro atoms. The SMILES string of the molecule is OCCc1ccc(Nc2cc(-c3cc(F)cc(Cl)c3)nc3c2CCC3)cc1. The van der Waals surface area contributed by atoms with Crippen molar-refractivity contribution in [3.63, 3.8) is 0 Å². The molecule has 4 rings (SSSR count). The lowest BCUT2D eigenvalue weighted by atomic mass is 10.1. The average molecular weight is 383 g/mol. The zero-order chi connectivity index (χ0) is 18.8. The van der Waals surface area contributed by atoms with E-state index in [0.717, 1.165) is 47.6 Å². The normalized spacial score (nSPS) is 12.9. The van der Waals surface area contributed by atoms with Gasteiger partial charge in [-0.2, -0.15) is 0 Å². The minimum absolute atomic E-state index is 0.143. The van der Waals surface area contributed by atoms with E-state index in [4.69, 9.17) is 21.7 Å². The smallest absolute Gasteiger partial charge is 0.125 e. The van der Waals surface area contributed by atoms with Crippen LogP contribution in [0.2, 0.25) is 5.02 Å². The molecule has 1 aromatic heterocycles. The maximum absolute atomic E-state index is 13.8. The van der Waals surface area contributed by atoms with E-state index in [2.05, 4.69) is 5.32 Å². The number of fused-ring (bicyclic) bond motifs is 1. The first-order valence-electron chi connectivity index (χ1n) is 9.08. The third kappa shape index (κ3) is 3.97. The molecule has 3 aromatic rings. The standard InChI is InChI=1S/C22H20ClFN2O/c23-16-10-15(11-17(24)12-16)21-13-22(19-2-1-3-20(19)26-21)25-18-6-4-14(5-7-18)8-9-27/h4-7,10-13,27H,1-3,8-9H2,(H,25,26). The Bertz CT molecular complexity index is 953. The van der Waals surface area contributed by atoms with Gasteiger partial charge in [0.2, 0.25) is 0 Å². The first kappa shape index (κ1) is 18.0. The quantitative estimate of drug-likeness (QED) is 0.628. The number of anilines is 2. The zero-order valence-electron chi connectivity index (χ0n) is 14.8. The predicted molar refractivity (Wildman–Crippen MR) is 107 cm³/mol. The number of hydrogen-bond acceptors (Lipinski definition) is 3. The Balaban J connectivity index is 1.70. The number of aryl methyl sites for hydroxylation is 1. The molecule has 2 N–H and O–H groups in total. The molecule has 0 saturated heterocycles. The van der Waals surface area contributed by atoms with Gasteiger partial charge < -0.3 is 10.4 Å². The van der Waals surface area contributed by atoms with E-state index in [1.165, 1.54) is 17.7 Å². The fraction of sp³-hybridized carbons (Fsp3) is 0.227. The summed E-state index contributed by atoms with van der Waals surface area (Å²) in [5, 5.41) is 12.9. The van der Waals surface area contributed by atoms with Crippen molar-refractivity contribution in [3.8, 4) is 11.3 Å². The number of rotatable bonds is 5. The number of benzene rings is 2. The number of hydrogen-bond donors (Lipinski definition) is 2. The van der Waals surface area contributed by atoms with Gasteiger partial charge in [0.15, 0.2) is 0 Å². The number of aliphatic hydroxyl groups excluding tert-OH is 1. The summed E-state index contributed by atoms with van der Waals surface area (Å²) in [6.07, 6.45) is 3.63. The molecule has 0 bridgehead atoms. The number of halogens is 2. The summed E-state index contributed by atoms with van der Waals surface area (Å²) in [5.74, 6) is -0.367. The first-order valence-corrected chi connectivity index (χ1v) is 9.46. The Labute approximate surface area is 162 Å². The summed E-state index contributed by atoms with van der Waals surface area (Å²) in [6.45, 7) is 0.143. The highest BCUT2D eigenvalue weighted by Gasteiger charge is 2.19. The number of nitrogens with zero attached hydrogens (tertiary/aromatic N) is 1. The fourth-order valence-electron chi connectivity index (χ4n) is 3.54. The second-order valence-electron chi connectivity index (χ2n) is 6.79. The van der Waals surface area contributed by atoms with Crippen LogP contribution in [0, 0.1) is 5.82 Å². The minimum atomic E-state index is -0.367. The number of aliphatic hydroxyl groups is 1. The highest BCUT2D eigenvalue weighted by Crippen LogP contribution is 2.34. The molecule has 3 nitrogen and oxygen atoms in total. The van der Waals surface area contributed by atoms with Gasteiger partial charge in [-0.25, -0.2) is 4.39 Å². The van der Waals surface area contributed by atoms with Gasteiger partial charge in [0.25, 0.3) is 0 Å². The molecule has 0 unspecified atom stereocenters. The maximum atomic E-state index is 13.8. The molecular weight excluding hydrogens is 363 g/mol.